The van der Waals surface area contributed by atoms with Gasteiger partial charge in [-0.15, -0.1) is 0 Å². The Kier molecular flexibility index (Phi) is 36.2. The van der Waals surface area contributed by atoms with Gasteiger partial charge in [0.15, 0.2) is 6.10 Å². The zero-order valence-corrected chi connectivity index (χ0v) is 36.8. The van der Waals surface area contributed by atoms with Gasteiger partial charge in [-0.05, 0) is 70.6 Å². The first-order chi connectivity index (χ1) is 26.5. The van der Waals surface area contributed by atoms with Crippen LogP contribution in [0.1, 0.15) is 174 Å². The third-order valence-electron chi connectivity index (χ3n) is 9.08. The van der Waals surface area contributed by atoms with E-state index in [1.807, 2.05) is 21.1 Å². The summed E-state index contributed by atoms with van der Waals surface area (Å²) >= 11 is 0. The Hall–Kier alpha value is -2.03. The van der Waals surface area contributed by atoms with Gasteiger partial charge in [-0.3, -0.25) is 18.6 Å². The molecule has 10 heteroatoms. The van der Waals surface area contributed by atoms with Crippen molar-refractivity contribution in [2.24, 2.45) is 0 Å². The van der Waals surface area contributed by atoms with E-state index in [1.165, 1.54) is 57.8 Å². The van der Waals surface area contributed by atoms with Crippen LogP contribution < -0.4 is 0 Å². The molecule has 55 heavy (non-hydrogen) atoms. The smallest absolute Gasteiger partial charge is 0.462 e. The van der Waals surface area contributed by atoms with E-state index in [9.17, 15) is 19.0 Å². The Morgan fingerprint density at radius 3 is 1.49 bits per heavy atom. The first kappa shape index (κ1) is 53.0. The number of phosphoric ester groups is 1. The van der Waals surface area contributed by atoms with Crippen LogP contribution in [0.25, 0.3) is 0 Å². The summed E-state index contributed by atoms with van der Waals surface area (Å²) in [6.07, 6.45) is 42.9. The van der Waals surface area contributed by atoms with Crippen molar-refractivity contribution >= 4 is 19.8 Å². The maximum atomic E-state index is 12.7. The molecular formula is C45H83NO8P+. The number of esters is 2. The minimum absolute atomic E-state index is 0.0260. The van der Waals surface area contributed by atoms with Gasteiger partial charge < -0.3 is 18.9 Å². The Bertz CT molecular complexity index is 1080. The fourth-order valence-corrected chi connectivity index (χ4v) is 6.33. The molecule has 0 rings (SSSR count). The van der Waals surface area contributed by atoms with Gasteiger partial charge in [-0.1, -0.05) is 140 Å². The molecule has 9 nitrogen and oxygen atoms in total. The summed E-state index contributed by atoms with van der Waals surface area (Å²) in [5.74, 6) is -0.826. The molecule has 0 aromatic rings. The van der Waals surface area contributed by atoms with Gasteiger partial charge in [0.25, 0.3) is 0 Å². The molecule has 0 fully saturated rings. The second-order valence-corrected chi connectivity index (χ2v) is 17.2. The van der Waals surface area contributed by atoms with Crippen LogP contribution in [-0.4, -0.2) is 74.9 Å². The van der Waals surface area contributed by atoms with Crippen molar-refractivity contribution in [1.82, 2.24) is 0 Å². The van der Waals surface area contributed by atoms with Crippen LogP contribution in [0.2, 0.25) is 0 Å². The fraction of sp³-hybridized carbons (Fsp3) is 0.778. The largest absolute Gasteiger partial charge is 0.472 e. The molecule has 2 atom stereocenters. The van der Waals surface area contributed by atoms with Crippen molar-refractivity contribution in [2.45, 2.75) is 180 Å². The van der Waals surface area contributed by atoms with Crippen LogP contribution in [0.3, 0.4) is 0 Å². The second-order valence-electron chi connectivity index (χ2n) is 15.7. The number of rotatable bonds is 39. The molecule has 0 radical (unpaired) electrons. The standard InChI is InChI=1S/C45H82NO8P/c1-6-8-10-12-14-16-18-20-22-23-24-26-27-29-31-33-35-37-44(47)51-41-43(42-53-55(49,50)52-40-39-46(3,4)5)54-45(48)38-36-34-32-30-28-25-21-19-17-15-13-11-9-7-2/h13-16,19-22,43H,6-12,17-18,23-42H2,1-5H3/p+1/b15-13+,16-14+,21-19+,22-20+/t43-/m1/s1. The van der Waals surface area contributed by atoms with Gasteiger partial charge in [0.1, 0.15) is 19.8 Å². The van der Waals surface area contributed by atoms with Crippen molar-refractivity contribution in [3.8, 4) is 0 Å². The Labute approximate surface area is 337 Å². The molecule has 0 aromatic carbocycles. The zero-order valence-electron chi connectivity index (χ0n) is 35.9. The summed E-state index contributed by atoms with van der Waals surface area (Å²) in [5.41, 5.74) is 0. The maximum absolute atomic E-state index is 12.7. The average molecular weight is 797 g/mol. The lowest BCUT2D eigenvalue weighted by atomic mass is 10.1. The molecule has 0 heterocycles. The molecule has 0 saturated heterocycles. The predicted octanol–water partition coefficient (Wildman–Crippen LogP) is 12.3. The van der Waals surface area contributed by atoms with Crippen molar-refractivity contribution < 1.29 is 42.1 Å². The number of hydrogen-bond donors (Lipinski definition) is 1. The molecular weight excluding hydrogens is 713 g/mol. The highest BCUT2D eigenvalue weighted by Crippen LogP contribution is 2.43. The Morgan fingerprint density at radius 1 is 0.564 bits per heavy atom. The van der Waals surface area contributed by atoms with Crippen molar-refractivity contribution in [1.29, 1.82) is 0 Å². The molecule has 0 bridgehead atoms. The molecule has 0 amide bonds. The quantitative estimate of drug-likeness (QED) is 0.0215. The van der Waals surface area contributed by atoms with E-state index >= 15 is 0 Å². The fourth-order valence-electron chi connectivity index (χ4n) is 5.59. The first-order valence-corrected chi connectivity index (χ1v) is 23.4. The maximum Gasteiger partial charge on any atom is 0.472 e. The molecule has 0 aliphatic carbocycles. The zero-order chi connectivity index (χ0) is 40.7. The van der Waals surface area contributed by atoms with E-state index in [4.69, 9.17) is 18.5 Å². The summed E-state index contributed by atoms with van der Waals surface area (Å²) in [4.78, 5) is 35.3. The van der Waals surface area contributed by atoms with Gasteiger partial charge in [-0.25, -0.2) is 4.57 Å². The number of carbonyl (C=O) groups excluding carboxylic acids is 2. The molecule has 0 aliphatic heterocycles. The van der Waals surface area contributed by atoms with Gasteiger partial charge in [-0.2, -0.15) is 0 Å². The number of carbonyl (C=O) groups is 2. The third kappa shape index (κ3) is 41.4. The highest BCUT2D eigenvalue weighted by molar-refractivity contribution is 7.47. The minimum Gasteiger partial charge on any atom is -0.462 e. The summed E-state index contributed by atoms with van der Waals surface area (Å²) in [5, 5.41) is 0. The van der Waals surface area contributed by atoms with Crippen molar-refractivity contribution in [3.05, 3.63) is 48.6 Å². The van der Waals surface area contributed by atoms with Crippen LogP contribution in [0.5, 0.6) is 0 Å². The number of quaternary nitrogens is 1. The van der Waals surface area contributed by atoms with Gasteiger partial charge in [0.2, 0.25) is 0 Å². The van der Waals surface area contributed by atoms with E-state index < -0.39 is 26.5 Å². The Morgan fingerprint density at radius 2 is 1.00 bits per heavy atom. The van der Waals surface area contributed by atoms with E-state index in [0.29, 0.717) is 17.4 Å². The van der Waals surface area contributed by atoms with E-state index in [0.717, 1.165) is 83.5 Å². The van der Waals surface area contributed by atoms with Crippen LogP contribution in [0, 0.1) is 0 Å². The number of allylic oxidation sites excluding steroid dienone is 8. The van der Waals surface area contributed by atoms with E-state index in [1.54, 1.807) is 0 Å². The minimum atomic E-state index is -4.38. The van der Waals surface area contributed by atoms with Crippen LogP contribution in [0.4, 0.5) is 0 Å². The van der Waals surface area contributed by atoms with Crippen LogP contribution >= 0.6 is 7.82 Å². The number of hydrogen-bond acceptors (Lipinski definition) is 7. The van der Waals surface area contributed by atoms with Crippen molar-refractivity contribution in [2.75, 3.05) is 47.5 Å². The summed E-state index contributed by atoms with van der Waals surface area (Å²) in [6, 6.07) is 0. The highest BCUT2D eigenvalue weighted by atomic mass is 31.2. The van der Waals surface area contributed by atoms with Gasteiger partial charge in [0.05, 0.1) is 27.7 Å². The molecule has 1 unspecified atom stereocenters. The summed E-state index contributed by atoms with van der Waals surface area (Å²) < 4.78 is 34.3. The first-order valence-electron chi connectivity index (χ1n) is 21.9. The van der Waals surface area contributed by atoms with Crippen LogP contribution in [0.15, 0.2) is 48.6 Å². The van der Waals surface area contributed by atoms with Gasteiger partial charge in [0, 0.05) is 12.8 Å². The molecule has 0 aromatic heterocycles. The number of unbranched alkanes of at least 4 members (excludes halogenated alkanes) is 17. The van der Waals surface area contributed by atoms with E-state index in [2.05, 4.69) is 62.5 Å². The number of likely N-dealkylation sites (N-methyl/N-ethyl adjacent to an activating group) is 1. The third-order valence-corrected chi connectivity index (χ3v) is 10.1. The number of ether oxygens (including phenoxy) is 2. The number of phosphoric acid groups is 1. The second kappa shape index (κ2) is 37.5. The molecule has 0 aliphatic rings. The van der Waals surface area contributed by atoms with Crippen LogP contribution in [-0.2, 0) is 32.7 Å². The summed E-state index contributed by atoms with van der Waals surface area (Å²) in [6.45, 7) is 4.32. The highest BCUT2D eigenvalue weighted by Gasteiger charge is 2.27. The molecule has 320 valence electrons. The molecule has 1 N–H and O–H groups in total. The predicted molar refractivity (Wildman–Crippen MR) is 229 cm³/mol. The lowest BCUT2D eigenvalue weighted by Crippen LogP contribution is -2.37. The van der Waals surface area contributed by atoms with Gasteiger partial charge >= 0.3 is 19.8 Å². The topological polar surface area (TPSA) is 108 Å². The monoisotopic (exact) mass is 797 g/mol. The number of nitrogens with zero attached hydrogens (tertiary/aromatic N) is 1. The SMILES string of the molecule is CCCC/C=C/C/C=C/CCCCCCCC(=O)O[C@H](COC(=O)CCCCCCCCC/C=C/C/C=C/CCCCC)COP(=O)(O)OCC[N+](C)(C)C. The molecule has 0 saturated carbocycles. The lowest BCUT2D eigenvalue weighted by molar-refractivity contribution is -0.870. The molecule has 0 spiro atoms. The van der Waals surface area contributed by atoms with Crippen molar-refractivity contribution in [3.63, 3.8) is 0 Å². The van der Waals surface area contributed by atoms with E-state index in [-0.39, 0.29) is 32.0 Å². The lowest BCUT2D eigenvalue weighted by Gasteiger charge is -2.24. The Balaban J connectivity index is 4.39. The summed E-state index contributed by atoms with van der Waals surface area (Å²) in [7, 11) is 1.46. The normalized spacial score (nSPS) is 14.1. The average Bonchev–Trinajstić information content (AvgIpc) is 3.13.